The van der Waals surface area contributed by atoms with E-state index in [2.05, 4.69) is 16.8 Å². The predicted molar refractivity (Wildman–Crippen MR) is 103 cm³/mol. The molecule has 1 saturated heterocycles. The van der Waals surface area contributed by atoms with Crippen LogP contribution < -0.4 is 5.32 Å². The van der Waals surface area contributed by atoms with Crippen LogP contribution in [-0.2, 0) is 0 Å². The van der Waals surface area contributed by atoms with E-state index in [1.54, 1.807) is 6.07 Å². The number of nitrogens with zero attached hydrogens (tertiary/aromatic N) is 1. The third-order valence-electron chi connectivity index (χ3n) is 3.55. The first kappa shape index (κ1) is 22.3. The third kappa shape index (κ3) is 5.45. The van der Waals surface area contributed by atoms with Gasteiger partial charge in [-0.3, -0.25) is 4.90 Å². The molecule has 1 atom stereocenters. The Labute approximate surface area is 160 Å². The molecule has 0 saturated carbocycles. The Balaban J connectivity index is 0.00000220. The monoisotopic (exact) mass is 404 g/mol. The first-order valence-corrected chi connectivity index (χ1v) is 7.86. The topological polar surface area (TPSA) is 15.3 Å². The predicted octanol–water partition coefficient (Wildman–Crippen LogP) is 5.40. The fraction of sp³-hybridized carbons (Fsp3) is 0.467. The first-order chi connectivity index (χ1) is 9.50. The Morgan fingerprint density at radius 3 is 2.27 bits per heavy atom. The highest BCUT2D eigenvalue weighted by molar-refractivity contribution is 6.44. The van der Waals surface area contributed by atoms with Gasteiger partial charge in [0, 0.05) is 42.8 Å². The molecule has 0 unspecified atom stereocenters. The number of benzene rings is 1. The summed E-state index contributed by atoms with van der Waals surface area (Å²) in [5, 5.41) is 5.14. The smallest absolute Gasteiger partial charge is 0.0655 e. The van der Waals surface area contributed by atoms with Crippen LogP contribution in [0.1, 0.15) is 24.9 Å². The van der Waals surface area contributed by atoms with Gasteiger partial charge < -0.3 is 5.32 Å². The summed E-state index contributed by atoms with van der Waals surface area (Å²) in [5.41, 5.74) is 2.03. The van der Waals surface area contributed by atoms with Gasteiger partial charge in [0.15, 0.2) is 0 Å². The number of piperazine rings is 1. The van der Waals surface area contributed by atoms with Gasteiger partial charge in [-0.05, 0) is 25.5 Å². The quantitative estimate of drug-likeness (QED) is 0.532. The largest absolute Gasteiger partial charge is 0.314 e. The molecule has 0 aromatic heterocycles. The van der Waals surface area contributed by atoms with Gasteiger partial charge in [0.2, 0.25) is 0 Å². The van der Waals surface area contributed by atoms with Crippen molar-refractivity contribution < 1.29 is 0 Å². The average molecular weight is 407 g/mol. The van der Waals surface area contributed by atoms with Crippen LogP contribution >= 0.6 is 59.6 Å². The Kier molecular flexibility index (Phi) is 10.4. The molecule has 1 fully saturated rings. The second-order valence-electron chi connectivity index (χ2n) is 5.22. The first-order valence-electron chi connectivity index (χ1n) is 6.73. The van der Waals surface area contributed by atoms with E-state index in [9.17, 15) is 0 Å². The van der Waals surface area contributed by atoms with Crippen LogP contribution in [0.5, 0.6) is 0 Å². The maximum Gasteiger partial charge on any atom is 0.0655 e. The molecule has 7 heteroatoms. The molecule has 0 amide bonds. The van der Waals surface area contributed by atoms with Gasteiger partial charge in [0.25, 0.3) is 0 Å². The Bertz CT molecular complexity index is 501. The fourth-order valence-electron chi connectivity index (χ4n) is 2.59. The van der Waals surface area contributed by atoms with E-state index in [4.69, 9.17) is 34.8 Å². The second kappa shape index (κ2) is 10.2. The number of hydrogen-bond donors (Lipinski definition) is 1. The van der Waals surface area contributed by atoms with Gasteiger partial charge >= 0.3 is 0 Å². The number of nitrogens with one attached hydrogen (secondary N) is 1. The third-order valence-corrected chi connectivity index (χ3v) is 4.70. The van der Waals surface area contributed by atoms with Crippen molar-refractivity contribution in [3.05, 3.63) is 44.9 Å². The minimum absolute atomic E-state index is 0. The number of halogens is 5. The number of hydrogen-bond acceptors (Lipinski definition) is 2. The summed E-state index contributed by atoms with van der Waals surface area (Å²) in [5.74, 6) is 0. The van der Waals surface area contributed by atoms with Crippen LogP contribution in [0.25, 0.3) is 0 Å². The maximum absolute atomic E-state index is 6.41. The molecule has 1 aliphatic rings. The van der Waals surface area contributed by atoms with E-state index in [-0.39, 0.29) is 30.9 Å². The van der Waals surface area contributed by atoms with Gasteiger partial charge in [0.1, 0.15) is 0 Å². The molecule has 126 valence electrons. The lowest BCUT2D eigenvalue weighted by atomic mass is 9.97. The standard InChI is InChI=1S/C15H19Cl3N2.2ClH/c1-10(2)9-13(20-7-5-19-6-8-20)14-11(16)3-4-12(17)15(14)18;;/h3-4,13,19H,1,5-9H2,2H3;2*1H/t13-;;/m1../s1. The van der Waals surface area contributed by atoms with Crippen LogP contribution in [0, 0.1) is 0 Å². The lowest BCUT2D eigenvalue weighted by molar-refractivity contribution is 0.172. The normalized spacial score (nSPS) is 16.4. The minimum Gasteiger partial charge on any atom is -0.314 e. The highest BCUT2D eigenvalue weighted by Gasteiger charge is 2.27. The summed E-state index contributed by atoms with van der Waals surface area (Å²) in [6.07, 6.45) is 0.833. The van der Waals surface area contributed by atoms with E-state index in [0.29, 0.717) is 15.1 Å². The van der Waals surface area contributed by atoms with Crippen molar-refractivity contribution in [3.8, 4) is 0 Å². The molecular weight excluding hydrogens is 385 g/mol. The van der Waals surface area contributed by atoms with Crippen molar-refractivity contribution in [3.63, 3.8) is 0 Å². The molecule has 1 heterocycles. The van der Waals surface area contributed by atoms with E-state index < -0.39 is 0 Å². The second-order valence-corrected chi connectivity index (χ2v) is 6.41. The summed E-state index contributed by atoms with van der Waals surface area (Å²) in [6.45, 7) is 9.95. The van der Waals surface area contributed by atoms with Crippen molar-refractivity contribution in [2.75, 3.05) is 26.2 Å². The lowest BCUT2D eigenvalue weighted by Crippen LogP contribution is -2.45. The SMILES string of the molecule is C=C(C)C[C@H](c1c(Cl)ccc(Cl)c1Cl)N1CCNCC1.Cl.Cl. The fourth-order valence-corrected chi connectivity index (χ4v) is 3.37. The summed E-state index contributed by atoms with van der Waals surface area (Å²) in [6, 6.07) is 3.69. The van der Waals surface area contributed by atoms with Gasteiger partial charge in [-0.1, -0.05) is 40.4 Å². The molecule has 1 aliphatic heterocycles. The van der Waals surface area contributed by atoms with Crippen LogP contribution in [0.2, 0.25) is 15.1 Å². The highest BCUT2D eigenvalue weighted by Crippen LogP contribution is 2.40. The summed E-state index contributed by atoms with van der Waals surface area (Å²) < 4.78 is 0. The maximum atomic E-state index is 6.41. The van der Waals surface area contributed by atoms with Crippen LogP contribution in [0.4, 0.5) is 0 Å². The molecule has 2 rings (SSSR count). The van der Waals surface area contributed by atoms with Crippen molar-refractivity contribution >= 4 is 59.6 Å². The molecule has 0 aliphatic carbocycles. The zero-order chi connectivity index (χ0) is 14.7. The summed E-state index contributed by atoms with van der Waals surface area (Å²) in [7, 11) is 0. The Morgan fingerprint density at radius 2 is 1.73 bits per heavy atom. The molecule has 1 aromatic rings. The van der Waals surface area contributed by atoms with Crippen molar-refractivity contribution in [2.24, 2.45) is 0 Å². The number of rotatable bonds is 4. The molecule has 0 spiro atoms. The molecule has 0 bridgehead atoms. The highest BCUT2D eigenvalue weighted by atomic mass is 35.5. The van der Waals surface area contributed by atoms with E-state index in [1.165, 1.54) is 0 Å². The van der Waals surface area contributed by atoms with Crippen LogP contribution in [0.15, 0.2) is 24.3 Å². The zero-order valence-corrected chi connectivity index (χ0v) is 16.3. The van der Waals surface area contributed by atoms with E-state index >= 15 is 0 Å². The van der Waals surface area contributed by atoms with Crippen molar-refractivity contribution in [1.82, 2.24) is 10.2 Å². The molecule has 22 heavy (non-hydrogen) atoms. The van der Waals surface area contributed by atoms with Gasteiger partial charge in [0.05, 0.1) is 10.0 Å². The zero-order valence-electron chi connectivity index (χ0n) is 12.4. The van der Waals surface area contributed by atoms with Crippen LogP contribution in [-0.4, -0.2) is 31.1 Å². The summed E-state index contributed by atoms with van der Waals surface area (Å²) >= 11 is 19.0. The Morgan fingerprint density at radius 1 is 1.18 bits per heavy atom. The summed E-state index contributed by atoms with van der Waals surface area (Å²) in [4.78, 5) is 2.40. The molecular formula is C15H21Cl5N2. The molecule has 0 radical (unpaired) electrons. The van der Waals surface area contributed by atoms with E-state index in [0.717, 1.165) is 43.7 Å². The lowest BCUT2D eigenvalue weighted by Gasteiger charge is -2.36. The van der Waals surface area contributed by atoms with Crippen molar-refractivity contribution in [2.45, 2.75) is 19.4 Å². The van der Waals surface area contributed by atoms with Gasteiger partial charge in [-0.25, -0.2) is 0 Å². The van der Waals surface area contributed by atoms with Crippen molar-refractivity contribution in [1.29, 1.82) is 0 Å². The van der Waals surface area contributed by atoms with Gasteiger partial charge in [-0.2, -0.15) is 0 Å². The minimum atomic E-state index is 0. The molecule has 1 aromatic carbocycles. The van der Waals surface area contributed by atoms with E-state index in [1.807, 2.05) is 13.0 Å². The Hall–Kier alpha value is 0.330. The average Bonchev–Trinajstić information content (AvgIpc) is 2.43. The van der Waals surface area contributed by atoms with Crippen LogP contribution in [0.3, 0.4) is 0 Å². The van der Waals surface area contributed by atoms with Gasteiger partial charge in [-0.15, -0.1) is 31.4 Å². The molecule has 2 nitrogen and oxygen atoms in total. The molecule has 1 N–H and O–H groups in total.